The molecule has 0 heterocycles. The van der Waals surface area contributed by atoms with Gasteiger partial charge in [-0.25, -0.2) is 4.79 Å². The molecule has 0 aliphatic rings. The summed E-state index contributed by atoms with van der Waals surface area (Å²) in [6.07, 6.45) is 0.455. The van der Waals surface area contributed by atoms with Crippen LogP contribution >= 0.6 is 0 Å². The number of ether oxygens (including phenoxy) is 2. The molecule has 30 heavy (non-hydrogen) atoms. The summed E-state index contributed by atoms with van der Waals surface area (Å²) in [5.74, 6) is -0.658. The van der Waals surface area contributed by atoms with Crippen molar-refractivity contribution in [1.82, 2.24) is 5.32 Å². The van der Waals surface area contributed by atoms with Crippen LogP contribution in [-0.4, -0.2) is 29.2 Å². The molecule has 2 aromatic carbocycles. The van der Waals surface area contributed by atoms with E-state index in [-0.39, 0.29) is 11.9 Å². The van der Waals surface area contributed by atoms with Crippen molar-refractivity contribution in [3.05, 3.63) is 71.3 Å². The molecule has 0 unspecified atom stereocenters. The number of esters is 2. The number of rotatable bonds is 7. The quantitative estimate of drug-likeness (QED) is 0.670. The first kappa shape index (κ1) is 23.6. The maximum Gasteiger partial charge on any atom is 0.338 e. The van der Waals surface area contributed by atoms with Crippen molar-refractivity contribution >= 4 is 11.9 Å². The van der Waals surface area contributed by atoms with Crippen LogP contribution in [0.25, 0.3) is 0 Å². The fourth-order valence-corrected chi connectivity index (χ4v) is 2.80. The fourth-order valence-electron chi connectivity index (χ4n) is 2.80. The van der Waals surface area contributed by atoms with Crippen molar-refractivity contribution in [2.45, 2.75) is 71.8 Å². The second-order valence-electron chi connectivity index (χ2n) is 9.36. The Hall–Kier alpha value is -2.66. The largest absolute Gasteiger partial charge is 0.459 e. The molecule has 0 aliphatic heterocycles. The molecule has 0 aromatic heterocycles. The van der Waals surface area contributed by atoms with Crippen molar-refractivity contribution in [1.29, 1.82) is 0 Å². The first-order valence-electron chi connectivity index (χ1n) is 10.3. The molecule has 5 nitrogen and oxygen atoms in total. The number of carbonyl (C=O) groups is 2. The van der Waals surface area contributed by atoms with E-state index in [1.54, 1.807) is 12.1 Å². The number of nitrogens with one attached hydrogen (secondary N) is 1. The summed E-state index contributed by atoms with van der Waals surface area (Å²) in [5.41, 5.74) is 1.40. The van der Waals surface area contributed by atoms with Gasteiger partial charge in [-0.1, -0.05) is 42.5 Å². The van der Waals surface area contributed by atoms with Crippen molar-refractivity contribution in [2.24, 2.45) is 0 Å². The molecule has 0 spiro atoms. The van der Waals surface area contributed by atoms with Crippen LogP contribution in [0.5, 0.6) is 0 Å². The first-order valence-corrected chi connectivity index (χ1v) is 10.3. The minimum atomic E-state index is -0.565. The topological polar surface area (TPSA) is 64.6 Å². The monoisotopic (exact) mass is 411 g/mol. The van der Waals surface area contributed by atoms with Gasteiger partial charge in [-0.3, -0.25) is 4.79 Å². The second-order valence-corrected chi connectivity index (χ2v) is 9.36. The maximum atomic E-state index is 12.8. The van der Waals surface area contributed by atoms with Crippen LogP contribution in [0.15, 0.2) is 54.6 Å². The third-order valence-electron chi connectivity index (χ3n) is 4.12. The molecule has 162 valence electrons. The fraction of sp³-hybridized carbons (Fsp3) is 0.440. The average Bonchev–Trinajstić information content (AvgIpc) is 2.63. The molecule has 1 N–H and O–H groups in total. The van der Waals surface area contributed by atoms with E-state index in [4.69, 9.17) is 9.47 Å². The highest BCUT2D eigenvalue weighted by Gasteiger charge is 2.25. The Labute approximate surface area is 179 Å². The lowest BCUT2D eigenvalue weighted by Gasteiger charge is -2.25. The van der Waals surface area contributed by atoms with Gasteiger partial charge < -0.3 is 14.8 Å². The van der Waals surface area contributed by atoms with Gasteiger partial charge in [-0.2, -0.15) is 0 Å². The van der Waals surface area contributed by atoms with E-state index in [1.165, 1.54) is 0 Å². The summed E-state index contributed by atoms with van der Waals surface area (Å²) < 4.78 is 11.0. The molecule has 0 bridgehead atoms. The highest BCUT2D eigenvalue weighted by Crippen LogP contribution is 2.15. The van der Waals surface area contributed by atoms with E-state index in [0.717, 1.165) is 11.1 Å². The molecule has 0 fully saturated rings. The van der Waals surface area contributed by atoms with E-state index < -0.39 is 17.2 Å². The molecule has 0 radical (unpaired) electrons. The van der Waals surface area contributed by atoms with Gasteiger partial charge in [-0.15, -0.1) is 0 Å². The lowest BCUT2D eigenvalue weighted by atomic mass is 10.0. The third-order valence-corrected chi connectivity index (χ3v) is 4.12. The van der Waals surface area contributed by atoms with Crippen molar-refractivity contribution in [3.8, 4) is 0 Å². The summed E-state index contributed by atoms with van der Waals surface area (Å²) in [5, 5.41) is 3.31. The van der Waals surface area contributed by atoms with Gasteiger partial charge in [-0.05, 0) is 71.2 Å². The zero-order valence-electron chi connectivity index (χ0n) is 18.8. The molecule has 5 heteroatoms. The Balaban J connectivity index is 2.10. The predicted molar refractivity (Wildman–Crippen MR) is 118 cm³/mol. The summed E-state index contributed by atoms with van der Waals surface area (Å²) >= 11 is 0. The smallest absolute Gasteiger partial charge is 0.338 e. The molecule has 0 amide bonds. The van der Waals surface area contributed by atoms with Gasteiger partial charge in [0, 0.05) is 6.54 Å². The van der Waals surface area contributed by atoms with Crippen molar-refractivity contribution in [3.63, 3.8) is 0 Å². The highest BCUT2D eigenvalue weighted by molar-refractivity contribution is 5.89. The van der Waals surface area contributed by atoms with Gasteiger partial charge in [0.1, 0.15) is 17.2 Å². The first-order chi connectivity index (χ1) is 13.9. The summed E-state index contributed by atoms with van der Waals surface area (Å²) in [7, 11) is 0. The van der Waals surface area contributed by atoms with Crippen molar-refractivity contribution in [2.75, 3.05) is 0 Å². The van der Waals surface area contributed by atoms with Crippen LogP contribution in [0.3, 0.4) is 0 Å². The number of hydrogen-bond acceptors (Lipinski definition) is 5. The van der Waals surface area contributed by atoms with Crippen LogP contribution in [0.2, 0.25) is 0 Å². The Morgan fingerprint density at radius 3 is 1.90 bits per heavy atom. The standard InChI is InChI=1S/C25H33NO4/c1-24(2,3)29-22(27)20-14-12-18(13-15-20)16-21(23(28)30-25(4,5)6)26-17-19-10-8-7-9-11-19/h7-15,21,26H,16-17H2,1-6H3/t21-/m0/s1. The number of hydrogen-bond donors (Lipinski definition) is 1. The highest BCUT2D eigenvalue weighted by atomic mass is 16.6. The Bertz CT molecular complexity index is 830. The normalized spacial score (nSPS) is 12.9. The average molecular weight is 412 g/mol. The van der Waals surface area contributed by atoms with Gasteiger partial charge in [0.2, 0.25) is 0 Å². The molecule has 0 saturated carbocycles. The lowest BCUT2D eigenvalue weighted by molar-refractivity contribution is -0.157. The molecule has 2 rings (SSSR count). The maximum absolute atomic E-state index is 12.8. The predicted octanol–water partition coefficient (Wildman–Crippen LogP) is 4.68. The van der Waals surface area contributed by atoms with Crippen LogP contribution in [0.4, 0.5) is 0 Å². The van der Waals surface area contributed by atoms with Crippen LogP contribution in [0, 0.1) is 0 Å². The van der Waals surface area contributed by atoms with E-state index in [1.807, 2.05) is 84.0 Å². The van der Waals surface area contributed by atoms with Crippen LogP contribution in [-0.2, 0) is 27.2 Å². The third kappa shape index (κ3) is 8.37. The molecule has 2 aromatic rings. The molecule has 1 atom stereocenters. The zero-order valence-corrected chi connectivity index (χ0v) is 18.8. The van der Waals surface area contributed by atoms with Gasteiger partial charge in [0.15, 0.2) is 0 Å². The van der Waals surface area contributed by atoms with E-state index in [2.05, 4.69) is 5.32 Å². The summed E-state index contributed by atoms with van der Waals surface area (Å²) in [4.78, 5) is 25.0. The Morgan fingerprint density at radius 1 is 0.800 bits per heavy atom. The van der Waals surface area contributed by atoms with Crippen LogP contribution in [0.1, 0.15) is 63.0 Å². The molecular formula is C25H33NO4. The van der Waals surface area contributed by atoms with E-state index in [9.17, 15) is 9.59 Å². The van der Waals surface area contributed by atoms with Gasteiger partial charge >= 0.3 is 11.9 Å². The minimum absolute atomic E-state index is 0.297. The Morgan fingerprint density at radius 2 is 1.37 bits per heavy atom. The molecule has 0 aliphatic carbocycles. The number of benzene rings is 2. The summed E-state index contributed by atoms with van der Waals surface area (Å²) in [6.45, 7) is 11.6. The lowest BCUT2D eigenvalue weighted by Crippen LogP contribution is -2.42. The van der Waals surface area contributed by atoms with Crippen LogP contribution < -0.4 is 5.32 Å². The number of carbonyl (C=O) groups excluding carboxylic acids is 2. The molecular weight excluding hydrogens is 378 g/mol. The van der Waals surface area contributed by atoms with Gasteiger partial charge in [0.25, 0.3) is 0 Å². The SMILES string of the molecule is CC(C)(C)OC(=O)c1ccc(C[C@H](NCc2ccccc2)C(=O)OC(C)(C)C)cc1. The Kier molecular flexibility index (Phi) is 7.79. The molecule has 0 saturated heterocycles. The van der Waals surface area contributed by atoms with E-state index >= 15 is 0 Å². The van der Waals surface area contributed by atoms with E-state index in [0.29, 0.717) is 18.5 Å². The summed E-state index contributed by atoms with van der Waals surface area (Å²) in [6, 6.07) is 16.6. The van der Waals surface area contributed by atoms with Gasteiger partial charge in [0.05, 0.1) is 5.56 Å². The second kappa shape index (κ2) is 9.90. The zero-order chi connectivity index (χ0) is 22.4. The minimum Gasteiger partial charge on any atom is -0.459 e. The van der Waals surface area contributed by atoms with Crippen molar-refractivity contribution < 1.29 is 19.1 Å².